The summed E-state index contributed by atoms with van der Waals surface area (Å²) in [6.45, 7) is 6.87. The van der Waals surface area contributed by atoms with Gasteiger partial charge in [0.2, 0.25) is 0 Å². The van der Waals surface area contributed by atoms with Crippen LogP contribution in [-0.2, 0) is 16.3 Å². The number of rotatable bonds is 13. The number of sulfone groups is 1. The number of hydrogen-bond acceptors (Lipinski definition) is 2. The molecule has 0 radical (unpaired) electrons. The molecule has 2 atom stereocenters. The molecule has 2 unspecified atom stereocenters. The van der Waals surface area contributed by atoms with Crippen molar-refractivity contribution < 1.29 is 8.42 Å². The van der Waals surface area contributed by atoms with Crippen LogP contribution in [0.2, 0.25) is 23.5 Å². The molecular weight excluding hydrogens is 591 g/mol. The van der Waals surface area contributed by atoms with Crippen molar-refractivity contribution in [2.75, 3.05) is 5.75 Å². The van der Waals surface area contributed by atoms with Crippen molar-refractivity contribution in [2.24, 2.45) is 0 Å². The minimum atomic E-state index is -3.44. The van der Waals surface area contributed by atoms with E-state index in [1.807, 2.05) is 31.2 Å². The Labute approximate surface area is 248 Å². The minimum absolute atomic E-state index is 0.0243. The molecule has 0 aliphatic rings. The summed E-state index contributed by atoms with van der Waals surface area (Å²) in [5.74, 6) is 0.187. The maximum absolute atomic E-state index is 13.9. The van der Waals surface area contributed by atoms with Crippen LogP contribution >= 0.6 is 0 Å². The van der Waals surface area contributed by atoms with Crippen molar-refractivity contribution in [2.45, 2.75) is 54.5 Å². The van der Waals surface area contributed by atoms with E-state index in [2.05, 4.69) is 104 Å². The molecule has 0 amide bonds. The fourth-order valence-corrected chi connectivity index (χ4v) is 16.4. The molecular formula is C35H40O2SSeSi. The van der Waals surface area contributed by atoms with E-state index >= 15 is 0 Å². The van der Waals surface area contributed by atoms with Crippen LogP contribution < -0.4 is 9.65 Å². The van der Waals surface area contributed by atoms with Crippen LogP contribution in [0.3, 0.4) is 0 Å². The van der Waals surface area contributed by atoms with Crippen molar-refractivity contribution in [3.63, 3.8) is 0 Å². The van der Waals surface area contributed by atoms with E-state index in [-0.39, 0.29) is 25.5 Å². The summed E-state index contributed by atoms with van der Waals surface area (Å²) in [5, 5.41) is 1.40. The Morgan fingerprint density at radius 3 is 1.95 bits per heavy atom. The molecule has 0 aliphatic heterocycles. The van der Waals surface area contributed by atoms with E-state index < -0.39 is 17.9 Å². The molecule has 5 heteroatoms. The first-order chi connectivity index (χ1) is 19.3. The Bertz CT molecular complexity index is 1450. The SMILES string of the molecule is Cc1ccc(S(=O)(=O)CC([Se]c2ccccc2)C(CC/C=C/Cc2ccccc2)[Si](C)(C)c2ccccc2)cc1. The van der Waals surface area contributed by atoms with Gasteiger partial charge in [-0.3, -0.25) is 0 Å². The van der Waals surface area contributed by atoms with Gasteiger partial charge in [0.1, 0.15) is 0 Å². The van der Waals surface area contributed by atoms with Gasteiger partial charge in [-0.25, -0.2) is 0 Å². The number of hydrogen-bond donors (Lipinski definition) is 0. The van der Waals surface area contributed by atoms with E-state index in [0.29, 0.717) is 10.4 Å². The van der Waals surface area contributed by atoms with Gasteiger partial charge in [0.25, 0.3) is 0 Å². The summed E-state index contributed by atoms with van der Waals surface area (Å²) >= 11 is 0.0243. The molecule has 0 bridgehead atoms. The second kappa shape index (κ2) is 14.3. The molecule has 0 aromatic heterocycles. The van der Waals surface area contributed by atoms with Gasteiger partial charge in [0.15, 0.2) is 0 Å². The molecule has 2 nitrogen and oxygen atoms in total. The fourth-order valence-electron chi connectivity index (χ4n) is 5.28. The van der Waals surface area contributed by atoms with Gasteiger partial charge in [-0.05, 0) is 0 Å². The topological polar surface area (TPSA) is 34.1 Å². The van der Waals surface area contributed by atoms with E-state index in [9.17, 15) is 8.42 Å². The van der Waals surface area contributed by atoms with Crippen LogP contribution in [0, 0.1) is 6.92 Å². The molecule has 0 heterocycles. The quantitative estimate of drug-likeness (QED) is 0.116. The summed E-state index contributed by atoms with van der Waals surface area (Å²) in [6, 6.07) is 39.2. The van der Waals surface area contributed by atoms with Gasteiger partial charge in [-0.2, -0.15) is 0 Å². The third kappa shape index (κ3) is 8.41. The van der Waals surface area contributed by atoms with Gasteiger partial charge >= 0.3 is 250 Å². The molecule has 0 aliphatic carbocycles. The Morgan fingerprint density at radius 1 is 0.750 bits per heavy atom. The predicted octanol–water partition coefficient (Wildman–Crippen LogP) is 7.15. The molecule has 40 heavy (non-hydrogen) atoms. The summed E-state index contributed by atoms with van der Waals surface area (Å²) < 4.78 is 29.0. The monoisotopic (exact) mass is 632 g/mol. The number of allylic oxidation sites excluding steroid dienone is 2. The van der Waals surface area contributed by atoms with E-state index in [1.54, 1.807) is 12.1 Å². The van der Waals surface area contributed by atoms with Crippen LogP contribution in [0.25, 0.3) is 0 Å². The van der Waals surface area contributed by atoms with Crippen LogP contribution in [0.4, 0.5) is 0 Å². The van der Waals surface area contributed by atoms with E-state index in [0.717, 1.165) is 24.8 Å². The Kier molecular flexibility index (Phi) is 10.8. The van der Waals surface area contributed by atoms with Crippen LogP contribution in [0.1, 0.15) is 24.0 Å². The van der Waals surface area contributed by atoms with Crippen molar-refractivity contribution in [3.05, 3.63) is 139 Å². The summed E-state index contributed by atoms with van der Waals surface area (Å²) in [4.78, 5) is 0.512. The van der Waals surface area contributed by atoms with Crippen molar-refractivity contribution >= 4 is 42.5 Å². The Morgan fingerprint density at radius 2 is 1.32 bits per heavy atom. The van der Waals surface area contributed by atoms with E-state index in [1.165, 1.54) is 15.2 Å². The van der Waals surface area contributed by atoms with Gasteiger partial charge in [-0.15, -0.1) is 0 Å². The summed E-state index contributed by atoms with van der Waals surface area (Å²) in [7, 11) is -5.48. The Hall–Kier alpha value is -2.69. The van der Waals surface area contributed by atoms with Crippen molar-refractivity contribution in [1.82, 2.24) is 0 Å². The predicted molar refractivity (Wildman–Crippen MR) is 175 cm³/mol. The second-order valence-corrected chi connectivity index (χ2v) is 20.5. The number of aryl methyl sites for hydroxylation is 1. The first kappa shape index (κ1) is 30.3. The van der Waals surface area contributed by atoms with Crippen LogP contribution in [0.5, 0.6) is 0 Å². The second-order valence-electron chi connectivity index (χ2n) is 11.0. The van der Waals surface area contributed by atoms with E-state index in [4.69, 9.17) is 0 Å². The summed E-state index contributed by atoms with van der Waals surface area (Å²) in [6.07, 6.45) is 7.43. The van der Waals surface area contributed by atoms with Gasteiger partial charge in [-0.1, -0.05) is 0 Å². The molecule has 0 N–H and O–H groups in total. The van der Waals surface area contributed by atoms with Crippen LogP contribution in [0.15, 0.2) is 132 Å². The van der Waals surface area contributed by atoms with Gasteiger partial charge in [0, 0.05) is 0 Å². The summed E-state index contributed by atoms with van der Waals surface area (Å²) in [5.41, 5.74) is 2.70. The molecule has 0 fully saturated rings. The van der Waals surface area contributed by atoms with Crippen LogP contribution in [-0.4, -0.2) is 37.2 Å². The molecule has 0 spiro atoms. The molecule has 4 aromatic rings. The zero-order chi connectivity index (χ0) is 28.4. The molecule has 0 saturated carbocycles. The number of benzene rings is 4. The first-order valence-electron chi connectivity index (χ1n) is 14.0. The fraction of sp³-hybridized carbons (Fsp3) is 0.257. The first-order valence-corrected chi connectivity index (χ1v) is 20.6. The molecule has 4 rings (SSSR count). The maximum atomic E-state index is 13.9. The Balaban J connectivity index is 1.66. The normalized spacial score (nSPS) is 13.8. The van der Waals surface area contributed by atoms with Gasteiger partial charge < -0.3 is 0 Å². The third-order valence-electron chi connectivity index (χ3n) is 7.70. The average Bonchev–Trinajstić information content (AvgIpc) is 2.96. The average molecular weight is 632 g/mol. The molecule has 4 aromatic carbocycles. The molecule has 208 valence electrons. The van der Waals surface area contributed by atoms with Crippen molar-refractivity contribution in [3.8, 4) is 0 Å². The van der Waals surface area contributed by atoms with Crippen molar-refractivity contribution in [1.29, 1.82) is 0 Å². The zero-order valence-electron chi connectivity index (χ0n) is 23.7. The molecule has 0 saturated heterocycles. The third-order valence-corrected chi connectivity index (χ3v) is 17.7. The zero-order valence-corrected chi connectivity index (χ0v) is 27.3. The standard InChI is InChI=1S/C35H40O2SSeSi/c1-29-24-26-31(27-25-29)38(36,37)28-34(39-32-19-11-6-12-20-32)35(40(2,3)33-21-13-7-14-22-33)23-15-5-10-18-30-16-8-4-9-17-30/h4-14,16-17,19-22,24-27,34-35H,15,18,23,28H2,1-3H3/b10-5+. The van der Waals surface area contributed by atoms with Gasteiger partial charge in [0.05, 0.1) is 0 Å².